The van der Waals surface area contributed by atoms with Crippen LogP contribution in [0.4, 0.5) is 0 Å². The number of benzene rings is 1. The summed E-state index contributed by atoms with van der Waals surface area (Å²) in [7, 11) is 1.31. The van der Waals surface area contributed by atoms with Crippen LogP contribution in [0.25, 0.3) is 0 Å². The van der Waals surface area contributed by atoms with E-state index in [-0.39, 0.29) is 16.0 Å². The van der Waals surface area contributed by atoms with Crippen molar-refractivity contribution in [1.82, 2.24) is 0 Å². The Labute approximate surface area is 98.9 Å². The monoisotopic (exact) mass is 292 g/mol. The Kier molecular flexibility index (Phi) is 4.82. The average molecular weight is 292 g/mol. The van der Waals surface area contributed by atoms with Crippen molar-refractivity contribution in [3.8, 4) is 0 Å². The van der Waals surface area contributed by atoms with Gasteiger partial charge >= 0.3 is 98.8 Å². The van der Waals surface area contributed by atoms with E-state index in [1.54, 1.807) is 24.3 Å². The molecular formula is C10H9ClO3Se. The Morgan fingerprint density at radius 1 is 1.33 bits per heavy atom. The number of hydrogen-bond acceptors (Lipinski definition) is 3. The molecule has 0 radical (unpaired) electrons. The molecule has 0 aliphatic rings. The summed E-state index contributed by atoms with van der Waals surface area (Å²) in [6.45, 7) is 0. The zero-order valence-electron chi connectivity index (χ0n) is 8.03. The third-order valence-corrected chi connectivity index (χ3v) is 3.72. The quantitative estimate of drug-likeness (QED) is 0.627. The number of rotatable bonds is 4. The van der Waals surface area contributed by atoms with Crippen molar-refractivity contribution in [1.29, 1.82) is 0 Å². The molecule has 0 unspecified atom stereocenters. The molecule has 0 N–H and O–H groups in total. The summed E-state index contributed by atoms with van der Waals surface area (Å²) in [4.78, 5) is 22.4. The maximum absolute atomic E-state index is 11.6. The third kappa shape index (κ3) is 4.04. The Hall–Kier alpha value is -0.831. The number of carbonyl (C=O) groups is 2. The van der Waals surface area contributed by atoms with Gasteiger partial charge in [-0.25, -0.2) is 0 Å². The number of ether oxygens (including phenoxy) is 1. The van der Waals surface area contributed by atoms with E-state index >= 15 is 0 Å². The van der Waals surface area contributed by atoms with E-state index in [1.807, 2.05) is 0 Å². The van der Waals surface area contributed by atoms with E-state index < -0.39 is 15.0 Å². The molecule has 0 aliphatic heterocycles. The van der Waals surface area contributed by atoms with Crippen molar-refractivity contribution in [2.24, 2.45) is 0 Å². The predicted octanol–water partition coefficient (Wildman–Crippen LogP) is 1.78. The van der Waals surface area contributed by atoms with Gasteiger partial charge in [-0.05, 0) is 0 Å². The number of methoxy groups -OCH3 is 1. The van der Waals surface area contributed by atoms with Crippen molar-refractivity contribution >= 4 is 37.2 Å². The first-order valence-electron chi connectivity index (χ1n) is 4.13. The molecule has 0 aliphatic carbocycles. The van der Waals surface area contributed by atoms with Gasteiger partial charge in [0.2, 0.25) is 0 Å². The Balaban J connectivity index is 2.54. The summed E-state index contributed by atoms with van der Waals surface area (Å²) in [5, 5.41) is 0.761. The van der Waals surface area contributed by atoms with Crippen molar-refractivity contribution in [3.63, 3.8) is 0 Å². The predicted molar refractivity (Wildman–Crippen MR) is 58.4 cm³/mol. The van der Waals surface area contributed by atoms with Gasteiger partial charge in [0, 0.05) is 0 Å². The maximum atomic E-state index is 11.6. The van der Waals surface area contributed by atoms with Crippen LogP contribution in [0.5, 0.6) is 0 Å². The molecule has 0 amide bonds. The van der Waals surface area contributed by atoms with E-state index in [1.165, 1.54) is 7.11 Å². The molecule has 1 aromatic carbocycles. The van der Waals surface area contributed by atoms with Crippen molar-refractivity contribution < 1.29 is 14.3 Å². The minimum absolute atomic E-state index is 0.0235. The van der Waals surface area contributed by atoms with Crippen LogP contribution >= 0.6 is 11.6 Å². The summed E-state index contributed by atoms with van der Waals surface area (Å²) in [6.07, 6.45) is 0. The number of halogens is 1. The molecule has 0 atom stereocenters. The molecule has 80 valence electrons. The summed E-state index contributed by atoms with van der Waals surface area (Å²) in [6, 6.07) is 6.62. The molecule has 3 nitrogen and oxygen atoms in total. The van der Waals surface area contributed by atoms with E-state index in [4.69, 9.17) is 11.6 Å². The van der Waals surface area contributed by atoms with Gasteiger partial charge in [-0.2, -0.15) is 0 Å². The fourth-order valence-electron chi connectivity index (χ4n) is 0.853. The van der Waals surface area contributed by atoms with E-state index in [0.717, 1.165) is 0 Å². The first-order valence-corrected chi connectivity index (χ1v) is 6.57. The van der Waals surface area contributed by atoms with Gasteiger partial charge in [-0.1, -0.05) is 0 Å². The van der Waals surface area contributed by atoms with Crippen LogP contribution in [0.15, 0.2) is 24.3 Å². The van der Waals surface area contributed by atoms with Crippen LogP contribution in [-0.4, -0.2) is 32.7 Å². The molecule has 0 heterocycles. The number of carbonyl (C=O) groups excluding carboxylic acids is 2. The van der Waals surface area contributed by atoms with E-state index in [0.29, 0.717) is 10.6 Å². The van der Waals surface area contributed by atoms with Gasteiger partial charge in [-0.3, -0.25) is 0 Å². The number of esters is 1. The van der Waals surface area contributed by atoms with Crippen molar-refractivity contribution in [2.45, 2.75) is 5.32 Å². The topological polar surface area (TPSA) is 43.4 Å². The zero-order valence-corrected chi connectivity index (χ0v) is 10.5. The van der Waals surface area contributed by atoms with Gasteiger partial charge in [0.1, 0.15) is 0 Å². The second kappa shape index (κ2) is 5.91. The second-order valence-electron chi connectivity index (χ2n) is 2.66. The first-order chi connectivity index (χ1) is 7.13. The molecule has 1 rings (SSSR count). The van der Waals surface area contributed by atoms with Gasteiger partial charge < -0.3 is 0 Å². The van der Waals surface area contributed by atoms with Crippen LogP contribution in [0.1, 0.15) is 10.4 Å². The van der Waals surface area contributed by atoms with Crippen LogP contribution in [0.3, 0.4) is 0 Å². The first kappa shape index (κ1) is 12.2. The fourth-order valence-corrected chi connectivity index (χ4v) is 2.38. The normalized spacial score (nSPS) is 9.73. The average Bonchev–Trinajstić information content (AvgIpc) is 2.26. The van der Waals surface area contributed by atoms with Crippen molar-refractivity contribution in [3.05, 3.63) is 34.9 Å². The molecule has 0 saturated heterocycles. The molecule has 5 heteroatoms. The van der Waals surface area contributed by atoms with Gasteiger partial charge in [0.25, 0.3) is 0 Å². The van der Waals surface area contributed by atoms with Crippen LogP contribution in [0.2, 0.25) is 10.3 Å². The van der Waals surface area contributed by atoms with Crippen molar-refractivity contribution in [2.75, 3.05) is 7.11 Å². The number of hydrogen-bond donors (Lipinski definition) is 0. The molecule has 0 saturated carbocycles. The third-order valence-electron chi connectivity index (χ3n) is 1.63. The van der Waals surface area contributed by atoms with Gasteiger partial charge in [0.05, 0.1) is 0 Å². The van der Waals surface area contributed by atoms with Gasteiger partial charge in [0.15, 0.2) is 0 Å². The molecule has 1 aromatic rings. The minimum atomic E-state index is -0.402. The van der Waals surface area contributed by atoms with E-state index in [9.17, 15) is 9.59 Å². The molecule has 0 spiro atoms. The Morgan fingerprint density at radius 2 is 1.93 bits per heavy atom. The molecule has 15 heavy (non-hydrogen) atoms. The molecule has 0 fully saturated rings. The van der Waals surface area contributed by atoms with Crippen LogP contribution in [0, 0.1) is 0 Å². The van der Waals surface area contributed by atoms with Gasteiger partial charge in [-0.15, -0.1) is 0 Å². The summed E-state index contributed by atoms with van der Waals surface area (Å²) in [5.41, 5.74) is 0.586. The summed E-state index contributed by atoms with van der Waals surface area (Å²) < 4.78 is 4.44. The summed E-state index contributed by atoms with van der Waals surface area (Å²) in [5.74, 6) is -0.350. The van der Waals surface area contributed by atoms with Crippen LogP contribution in [-0.2, 0) is 9.53 Å². The SMILES string of the molecule is COC(=O)C[Se]C(=O)c1ccc(Cl)cc1. The molecular weight excluding hydrogens is 283 g/mol. The fraction of sp³-hybridized carbons (Fsp3) is 0.200. The standard InChI is InChI=1S/C10H9ClO3Se/c1-14-9(12)6-15-10(13)7-2-4-8(11)5-3-7/h2-5H,6H2,1H3. The van der Waals surface area contributed by atoms with E-state index in [2.05, 4.69) is 4.74 Å². The second-order valence-corrected chi connectivity index (χ2v) is 5.08. The molecule has 0 bridgehead atoms. The Bertz CT molecular complexity index is 361. The summed E-state index contributed by atoms with van der Waals surface area (Å²) >= 11 is 5.28. The molecule has 0 aromatic heterocycles. The Morgan fingerprint density at radius 3 is 2.47 bits per heavy atom. The zero-order chi connectivity index (χ0) is 11.3. The van der Waals surface area contributed by atoms with Crippen LogP contribution < -0.4 is 0 Å².